The number of aromatic nitrogens is 3. The number of carbonyl (C=O) groups is 1. The number of likely N-dealkylation sites (tertiary alicyclic amines) is 1. The summed E-state index contributed by atoms with van der Waals surface area (Å²) >= 11 is 0. The molecule has 1 unspecified atom stereocenters. The molecule has 22 heavy (non-hydrogen) atoms. The molecule has 0 aromatic carbocycles. The number of amides is 1. The van der Waals surface area contributed by atoms with Gasteiger partial charge in [-0.05, 0) is 39.7 Å². The fourth-order valence-electron chi connectivity index (χ4n) is 2.76. The number of hydrogen-bond donors (Lipinski definition) is 0. The van der Waals surface area contributed by atoms with Crippen molar-refractivity contribution in [3.63, 3.8) is 0 Å². The van der Waals surface area contributed by atoms with Crippen LogP contribution in [0.4, 0.5) is 4.79 Å². The van der Waals surface area contributed by atoms with Crippen LogP contribution >= 0.6 is 0 Å². The van der Waals surface area contributed by atoms with Gasteiger partial charge in [-0.15, -0.1) is 0 Å². The predicted octanol–water partition coefficient (Wildman–Crippen LogP) is 2.84. The Kier molecular flexibility index (Phi) is 3.76. The molecular formula is C16H22N4O2. The molecule has 0 aliphatic carbocycles. The van der Waals surface area contributed by atoms with Crippen LogP contribution in [0.1, 0.15) is 45.2 Å². The minimum Gasteiger partial charge on any atom is -0.444 e. The van der Waals surface area contributed by atoms with Gasteiger partial charge in [0.15, 0.2) is 0 Å². The summed E-state index contributed by atoms with van der Waals surface area (Å²) in [5.74, 6) is 0.940. The highest BCUT2D eigenvalue weighted by Gasteiger charge is 2.29. The van der Waals surface area contributed by atoms with Gasteiger partial charge in [-0.1, -0.05) is 0 Å². The molecular weight excluding hydrogens is 280 g/mol. The van der Waals surface area contributed by atoms with Crippen molar-refractivity contribution >= 4 is 11.9 Å². The zero-order chi connectivity index (χ0) is 15.7. The zero-order valence-electron chi connectivity index (χ0n) is 13.3. The van der Waals surface area contributed by atoms with Gasteiger partial charge in [0.05, 0.1) is 5.69 Å². The van der Waals surface area contributed by atoms with Gasteiger partial charge in [0.25, 0.3) is 0 Å². The minimum atomic E-state index is -0.461. The number of piperidine rings is 1. The number of hydrogen-bond acceptors (Lipinski definition) is 4. The summed E-state index contributed by atoms with van der Waals surface area (Å²) in [4.78, 5) is 22.8. The predicted molar refractivity (Wildman–Crippen MR) is 82.8 cm³/mol. The SMILES string of the molecule is CC(C)(C)OC(=O)N1CCCC(c2cn3cccnc3n2)C1. The van der Waals surface area contributed by atoms with Gasteiger partial charge >= 0.3 is 6.09 Å². The van der Waals surface area contributed by atoms with Gasteiger partial charge in [0.2, 0.25) is 5.78 Å². The van der Waals surface area contributed by atoms with Crippen LogP contribution < -0.4 is 0 Å². The van der Waals surface area contributed by atoms with Gasteiger partial charge < -0.3 is 9.64 Å². The molecule has 3 rings (SSSR count). The highest BCUT2D eigenvalue weighted by atomic mass is 16.6. The highest BCUT2D eigenvalue weighted by Crippen LogP contribution is 2.27. The molecule has 0 bridgehead atoms. The molecule has 2 aromatic rings. The van der Waals surface area contributed by atoms with Crippen molar-refractivity contribution in [2.45, 2.75) is 45.1 Å². The van der Waals surface area contributed by atoms with Crippen LogP contribution in [0, 0.1) is 0 Å². The lowest BCUT2D eigenvalue weighted by molar-refractivity contribution is 0.0197. The molecule has 0 spiro atoms. The van der Waals surface area contributed by atoms with Crippen molar-refractivity contribution in [1.29, 1.82) is 0 Å². The summed E-state index contributed by atoms with van der Waals surface area (Å²) in [6.07, 6.45) is 7.44. The van der Waals surface area contributed by atoms with Crippen LogP contribution in [0.2, 0.25) is 0 Å². The molecule has 0 N–H and O–H groups in total. The molecule has 1 atom stereocenters. The summed E-state index contributed by atoms with van der Waals surface area (Å²) in [6, 6.07) is 1.88. The summed E-state index contributed by atoms with van der Waals surface area (Å²) in [6.45, 7) is 7.07. The molecule has 6 heteroatoms. The number of carbonyl (C=O) groups excluding carboxylic acids is 1. The first-order chi connectivity index (χ1) is 10.4. The number of ether oxygens (including phenoxy) is 1. The van der Waals surface area contributed by atoms with E-state index < -0.39 is 5.60 Å². The van der Waals surface area contributed by atoms with E-state index in [1.807, 2.05) is 43.6 Å². The van der Waals surface area contributed by atoms with Crippen LogP contribution in [0.15, 0.2) is 24.7 Å². The third kappa shape index (κ3) is 3.21. The molecule has 1 aliphatic heterocycles. The first-order valence-corrected chi connectivity index (χ1v) is 7.70. The maximum atomic E-state index is 12.2. The zero-order valence-corrected chi connectivity index (χ0v) is 13.3. The second-order valence-corrected chi connectivity index (χ2v) is 6.76. The maximum absolute atomic E-state index is 12.2. The number of rotatable bonds is 1. The Morgan fingerprint density at radius 2 is 2.23 bits per heavy atom. The van der Waals surface area contributed by atoms with Crippen molar-refractivity contribution in [2.75, 3.05) is 13.1 Å². The van der Waals surface area contributed by atoms with Crippen molar-refractivity contribution < 1.29 is 9.53 Å². The molecule has 2 aromatic heterocycles. The molecule has 118 valence electrons. The molecule has 1 aliphatic rings. The van der Waals surface area contributed by atoms with E-state index >= 15 is 0 Å². The maximum Gasteiger partial charge on any atom is 0.410 e. The van der Waals surface area contributed by atoms with E-state index in [0.29, 0.717) is 12.3 Å². The molecule has 1 fully saturated rings. The second-order valence-electron chi connectivity index (χ2n) is 6.76. The third-order valence-corrected chi connectivity index (χ3v) is 3.75. The Morgan fingerprint density at radius 3 is 2.95 bits per heavy atom. The lowest BCUT2D eigenvalue weighted by Gasteiger charge is -2.33. The quantitative estimate of drug-likeness (QED) is 0.812. The van der Waals surface area contributed by atoms with Crippen LogP contribution in [0.25, 0.3) is 5.78 Å². The largest absolute Gasteiger partial charge is 0.444 e. The number of nitrogens with zero attached hydrogens (tertiary/aromatic N) is 4. The summed E-state index contributed by atoms with van der Waals surface area (Å²) in [7, 11) is 0. The van der Waals surface area contributed by atoms with Gasteiger partial charge in [-0.3, -0.25) is 4.40 Å². The number of fused-ring (bicyclic) bond motifs is 1. The monoisotopic (exact) mass is 302 g/mol. The Morgan fingerprint density at radius 1 is 1.41 bits per heavy atom. The number of imidazole rings is 1. The van der Waals surface area contributed by atoms with Crippen LogP contribution in [-0.4, -0.2) is 44.1 Å². The normalized spacial score (nSPS) is 19.4. The smallest absolute Gasteiger partial charge is 0.410 e. The summed E-state index contributed by atoms with van der Waals surface area (Å²) in [5, 5.41) is 0. The van der Waals surface area contributed by atoms with Gasteiger partial charge in [0.1, 0.15) is 5.60 Å². The Hall–Kier alpha value is -2.11. The average Bonchev–Trinajstić information content (AvgIpc) is 2.89. The van der Waals surface area contributed by atoms with E-state index in [2.05, 4.69) is 9.97 Å². The molecule has 0 saturated carbocycles. The van der Waals surface area contributed by atoms with Crippen LogP contribution in [0.3, 0.4) is 0 Å². The van der Waals surface area contributed by atoms with Gasteiger partial charge in [-0.25, -0.2) is 14.8 Å². The fourth-order valence-corrected chi connectivity index (χ4v) is 2.76. The summed E-state index contributed by atoms with van der Waals surface area (Å²) < 4.78 is 7.39. The molecule has 6 nitrogen and oxygen atoms in total. The lowest BCUT2D eigenvalue weighted by atomic mass is 9.95. The van der Waals surface area contributed by atoms with Gasteiger partial charge in [-0.2, -0.15) is 0 Å². The molecule has 3 heterocycles. The van der Waals surface area contributed by atoms with Crippen molar-refractivity contribution in [1.82, 2.24) is 19.3 Å². The van der Waals surface area contributed by atoms with Crippen LogP contribution in [-0.2, 0) is 4.74 Å². The fraction of sp³-hybridized carbons (Fsp3) is 0.562. The summed E-state index contributed by atoms with van der Waals surface area (Å²) in [5.41, 5.74) is 0.531. The van der Waals surface area contributed by atoms with Crippen molar-refractivity contribution in [3.05, 3.63) is 30.4 Å². The second kappa shape index (κ2) is 5.59. The topological polar surface area (TPSA) is 59.7 Å². The standard InChI is InChI=1S/C16H22N4O2/c1-16(2,3)22-15(21)20-8-4-6-12(10-20)13-11-19-9-5-7-17-14(19)18-13/h5,7,9,11-12H,4,6,8,10H2,1-3H3. The lowest BCUT2D eigenvalue weighted by Crippen LogP contribution is -2.42. The molecule has 1 amide bonds. The van der Waals surface area contributed by atoms with E-state index in [4.69, 9.17) is 4.74 Å². The molecule has 1 saturated heterocycles. The first kappa shape index (κ1) is 14.8. The van der Waals surface area contributed by atoms with E-state index in [1.54, 1.807) is 11.1 Å². The first-order valence-electron chi connectivity index (χ1n) is 7.70. The van der Waals surface area contributed by atoms with E-state index in [-0.39, 0.29) is 12.0 Å². The minimum absolute atomic E-state index is 0.237. The Bertz CT molecular complexity index is 641. The molecule has 0 radical (unpaired) electrons. The van der Waals surface area contributed by atoms with Crippen molar-refractivity contribution in [2.24, 2.45) is 0 Å². The van der Waals surface area contributed by atoms with Gasteiger partial charge in [0, 0.05) is 37.6 Å². The third-order valence-electron chi connectivity index (χ3n) is 3.75. The average molecular weight is 302 g/mol. The highest BCUT2D eigenvalue weighted by molar-refractivity contribution is 5.68. The Balaban J connectivity index is 1.74. The van der Waals surface area contributed by atoms with E-state index in [0.717, 1.165) is 25.1 Å². The Labute approximate surface area is 130 Å². The van der Waals surface area contributed by atoms with E-state index in [9.17, 15) is 4.79 Å². The van der Waals surface area contributed by atoms with Crippen molar-refractivity contribution in [3.8, 4) is 0 Å². The van der Waals surface area contributed by atoms with Crippen LogP contribution in [0.5, 0.6) is 0 Å². The van der Waals surface area contributed by atoms with E-state index in [1.165, 1.54) is 0 Å².